The summed E-state index contributed by atoms with van der Waals surface area (Å²) in [5, 5.41) is 8.92. The third-order valence-corrected chi connectivity index (χ3v) is 2.39. The summed E-state index contributed by atoms with van der Waals surface area (Å²) in [4.78, 5) is 10.9. The van der Waals surface area contributed by atoms with Crippen LogP contribution in [0.25, 0.3) is 0 Å². The van der Waals surface area contributed by atoms with Crippen LogP contribution in [0.15, 0.2) is 18.2 Å². The van der Waals surface area contributed by atoms with E-state index in [9.17, 15) is 9.18 Å². The maximum atomic E-state index is 13.0. The maximum absolute atomic E-state index is 13.0. The Morgan fingerprint density at radius 3 is 2.76 bits per heavy atom. The molecule has 4 heteroatoms. The summed E-state index contributed by atoms with van der Waals surface area (Å²) in [6.45, 7) is 4.84. The van der Waals surface area contributed by atoms with Gasteiger partial charge in [-0.05, 0) is 36.1 Å². The van der Waals surface area contributed by atoms with Gasteiger partial charge in [-0.3, -0.25) is 0 Å². The van der Waals surface area contributed by atoms with Crippen molar-refractivity contribution in [2.45, 2.75) is 26.9 Å². The third-order valence-electron chi connectivity index (χ3n) is 2.39. The normalized spacial score (nSPS) is 10.8. The van der Waals surface area contributed by atoms with E-state index in [1.54, 1.807) is 0 Å². The molecule has 0 saturated carbocycles. The van der Waals surface area contributed by atoms with Crippen molar-refractivity contribution in [3.63, 3.8) is 0 Å². The van der Waals surface area contributed by atoms with E-state index >= 15 is 0 Å². The minimum absolute atomic E-state index is 0.0935. The smallest absolute Gasteiger partial charge is 0.336 e. The summed E-state index contributed by atoms with van der Waals surface area (Å²) in [6.07, 6.45) is 0.901. The van der Waals surface area contributed by atoms with E-state index in [0.29, 0.717) is 18.1 Å². The highest BCUT2D eigenvalue weighted by Gasteiger charge is 2.10. The van der Waals surface area contributed by atoms with Crippen LogP contribution < -0.4 is 0 Å². The highest BCUT2D eigenvalue weighted by Crippen LogP contribution is 2.13. The zero-order chi connectivity index (χ0) is 12.8. The number of carbonyl (C=O) groups is 1. The van der Waals surface area contributed by atoms with E-state index in [1.165, 1.54) is 12.1 Å². The van der Waals surface area contributed by atoms with E-state index in [2.05, 4.69) is 13.8 Å². The van der Waals surface area contributed by atoms with Gasteiger partial charge in [0, 0.05) is 6.61 Å². The molecule has 0 aromatic heterocycles. The Balaban J connectivity index is 2.62. The minimum atomic E-state index is -1.06. The fraction of sp³-hybridized carbons (Fsp3) is 0.462. The molecular formula is C13H17FO3. The van der Waals surface area contributed by atoms with E-state index in [-0.39, 0.29) is 12.2 Å². The molecule has 1 aromatic carbocycles. The molecule has 94 valence electrons. The SMILES string of the molecule is CC(C)CCOCc1cc(F)ccc1C(=O)O. The molecule has 0 aliphatic carbocycles. The van der Waals surface area contributed by atoms with Gasteiger partial charge in [0.05, 0.1) is 12.2 Å². The predicted molar refractivity (Wildman–Crippen MR) is 62.5 cm³/mol. The average molecular weight is 240 g/mol. The molecule has 0 unspecified atom stereocenters. The molecular weight excluding hydrogens is 223 g/mol. The molecule has 0 amide bonds. The Bertz CT molecular complexity index is 388. The number of aromatic carboxylic acids is 1. The number of carboxylic acid groups (broad SMARTS) is 1. The van der Waals surface area contributed by atoms with Crippen molar-refractivity contribution >= 4 is 5.97 Å². The first-order chi connectivity index (χ1) is 8.00. The molecule has 1 rings (SSSR count). The summed E-state index contributed by atoms with van der Waals surface area (Å²) >= 11 is 0. The van der Waals surface area contributed by atoms with Gasteiger partial charge in [-0.2, -0.15) is 0 Å². The second-order valence-corrected chi connectivity index (χ2v) is 4.34. The van der Waals surface area contributed by atoms with Crippen LogP contribution in [0, 0.1) is 11.7 Å². The summed E-state index contributed by atoms with van der Waals surface area (Å²) in [5.41, 5.74) is 0.470. The van der Waals surface area contributed by atoms with E-state index < -0.39 is 11.8 Å². The predicted octanol–water partition coefficient (Wildman–Crippen LogP) is 3.09. The van der Waals surface area contributed by atoms with Gasteiger partial charge in [-0.25, -0.2) is 9.18 Å². The Kier molecular flexibility index (Phi) is 5.10. The molecule has 0 radical (unpaired) electrons. The number of hydrogen-bond donors (Lipinski definition) is 1. The van der Waals surface area contributed by atoms with E-state index in [0.717, 1.165) is 12.5 Å². The first-order valence-corrected chi connectivity index (χ1v) is 5.60. The summed E-state index contributed by atoms with van der Waals surface area (Å²) in [6, 6.07) is 3.61. The van der Waals surface area contributed by atoms with Crippen LogP contribution in [0.4, 0.5) is 4.39 Å². The van der Waals surface area contributed by atoms with Crippen molar-refractivity contribution in [3.05, 3.63) is 35.1 Å². The molecule has 0 bridgehead atoms. The van der Waals surface area contributed by atoms with Crippen LogP contribution in [-0.4, -0.2) is 17.7 Å². The summed E-state index contributed by atoms with van der Waals surface area (Å²) < 4.78 is 18.3. The fourth-order valence-corrected chi connectivity index (χ4v) is 1.39. The van der Waals surface area contributed by atoms with Crippen LogP contribution in [-0.2, 0) is 11.3 Å². The highest BCUT2D eigenvalue weighted by atomic mass is 19.1. The quantitative estimate of drug-likeness (QED) is 0.777. The number of rotatable bonds is 6. The van der Waals surface area contributed by atoms with Gasteiger partial charge in [0.15, 0.2) is 0 Å². The van der Waals surface area contributed by atoms with Crippen LogP contribution in [0.1, 0.15) is 36.2 Å². The fourth-order valence-electron chi connectivity index (χ4n) is 1.39. The lowest BCUT2D eigenvalue weighted by molar-refractivity contribution is 0.0685. The molecule has 0 fully saturated rings. The molecule has 1 N–H and O–H groups in total. The van der Waals surface area contributed by atoms with Crippen molar-refractivity contribution < 1.29 is 19.0 Å². The lowest BCUT2D eigenvalue weighted by Crippen LogP contribution is -2.06. The van der Waals surface area contributed by atoms with Gasteiger partial charge in [-0.15, -0.1) is 0 Å². The molecule has 0 atom stereocenters. The second-order valence-electron chi connectivity index (χ2n) is 4.34. The number of ether oxygens (including phenoxy) is 1. The van der Waals surface area contributed by atoms with Crippen molar-refractivity contribution in [1.82, 2.24) is 0 Å². The molecule has 17 heavy (non-hydrogen) atoms. The van der Waals surface area contributed by atoms with Crippen molar-refractivity contribution in [2.75, 3.05) is 6.61 Å². The molecule has 0 saturated heterocycles. The Morgan fingerprint density at radius 1 is 1.47 bits per heavy atom. The lowest BCUT2D eigenvalue weighted by Gasteiger charge is -2.08. The molecule has 0 heterocycles. The zero-order valence-corrected chi connectivity index (χ0v) is 10.1. The van der Waals surface area contributed by atoms with Crippen LogP contribution in [0.2, 0.25) is 0 Å². The monoisotopic (exact) mass is 240 g/mol. The Morgan fingerprint density at radius 2 is 2.18 bits per heavy atom. The van der Waals surface area contributed by atoms with Crippen molar-refractivity contribution in [3.8, 4) is 0 Å². The van der Waals surface area contributed by atoms with Gasteiger partial charge in [0.25, 0.3) is 0 Å². The van der Waals surface area contributed by atoms with Crippen molar-refractivity contribution in [1.29, 1.82) is 0 Å². The standard InChI is InChI=1S/C13H17FO3/c1-9(2)5-6-17-8-10-7-11(14)3-4-12(10)13(15)16/h3-4,7,9H,5-6,8H2,1-2H3,(H,15,16). The van der Waals surface area contributed by atoms with Crippen molar-refractivity contribution in [2.24, 2.45) is 5.92 Å². The molecule has 1 aromatic rings. The lowest BCUT2D eigenvalue weighted by atomic mass is 10.1. The number of hydrogen-bond acceptors (Lipinski definition) is 2. The van der Waals surface area contributed by atoms with Gasteiger partial charge in [-0.1, -0.05) is 13.8 Å². The van der Waals surface area contributed by atoms with Gasteiger partial charge in [0.1, 0.15) is 5.82 Å². The van der Waals surface area contributed by atoms with E-state index in [4.69, 9.17) is 9.84 Å². The number of benzene rings is 1. The average Bonchev–Trinajstić information content (AvgIpc) is 2.23. The zero-order valence-electron chi connectivity index (χ0n) is 10.1. The minimum Gasteiger partial charge on any atom is -0.478 e. The largest absolute Gasteiger partial charge is 0.478 e. The van der Waals surface area contributed by atoms with Crippen LogP contribution in [0.5, 0.6) is 0 Å². The number of halogens is 1. The first kappa shape index (κ1) is 13.6. The number of carboxylic acids is 1. The van der Waals surface area contributed by atoms with E-state index in [1.807, 2.05) is 0 Å². The first-order valence-electron chi connectivity index (χ1n) is 5.60. The third kappa shape index (κ3) is 4.53. The molecule has 0 aliphatic heterocycles. The highest BCUT2D eigenvalue weighted by molar-refractivity contribution is 5.89. The Hall–Kier alpha value is -1.42. The molecule has 3 nitrogen and oxygen atoms in total. The van der Waals surface area contributed by atoms with Gasteiger partial charge in [0.2, 0.25) is 0 Å². The summed E-state index contributed by atoms with van der Waals surface area (Å²) in [7, 11) is 0. The summed E-state index contributed by atoms with van der Waals surface area (Å²) in [5.74, 6) is -0.980. The Labute approximate surface area is 100 Å². The maximum Gasteiger partial charge on any atom is 0.336 e. The van der Waals surface area contributed by atoms with Gasteiger partial charge < -0.3 is 9.84 Å². The molecule has 0 spiro atoms. The van der Waals surface area contributed by atoms with Gasteiger partial charge >= 0.3 is 5.97 Å². The second kappa shape index (κ2) is 6.35. The topological polar surface area (TPSA) is 46.5 Å². The van der Waals surface area contributed by atoms with Crippen LogP contribution >= 0.6 is 0 Å². The van der Waals surface area contributed by atoms with Crippen LogP contribution in [0.3, 0.4) is 0 Å². The molecule has 0 aliphatic rings.